The molecule has 7 heteroatoms. The lowest BCUT2D eigenvalue weighted by molar-refractivity contribution is 0.101. The predicted molar refractivity (Wildman–Crippen MR) is 87.2 cm³/mol. The lowest BCUT2D eigenvalue weighted by atomic mass is 10.2. The summed E-state index contributed by atoms with van der Waals surface area (Å²) in [6, 6.07) is 10.3. The summed E-state index contributed by atoms with van der Waals surface area (Å²) in [5.41, 5.74) is 1.37. The number of rotatable bonds is 5. The molecule has 2 heterocycles. The van der Waals surface area contributed by atoms with E-state index >= 15 is 0 Å². The molecular formula is C17H15N3O4. The first-order valence-corrected chi connectivity index (χ1v) is 7.11. The largest absolute Gasteiger partial charge is 0.497 e. The van der Waals surface area contributed by atoms with Gasteiger partial charge in [-0.15, -0.1) is 0 Å². The van der Waals surface area contributed by atoms with E-state index in [1.165, 1.54) is 7.11 Å². The number of carbonyl (C=O) groups excluding carboxylic acids is 1. The molecule has 122 valence electrons. The summed E-state index contributed by atoms with van der Waals surface area (Å²) < 4.78 is 15.6. The Kier molecular flexibility index (Phi) is 4.42. The minimum Gasteiger partial charge on any atom is -0.497 e. The van der Waals surface area contributed by atoms with E-state index < -0.39 is 5.91 Å². The number of carbonyl (C=O) groups is 1. The van der Waals surface area contributed by atoms with Gasteiger partial charge in [0.25, 0.3) is 5.91 Å². The Labute approximate surface area is 138 Å². The predicted octanol–water partition coefficient (Wildman–Crippen LogP) is 3.01. The van der Waals surface area contributed by atoms with Gasteiger partial charge in [0.15, 0.2) is 11.5 Å². The van der Waals surface area contributed by atoms with Crippen molar-refractivity contribution < 1.29 is 18.8 Å². The van der Waals surface area contributed by atoms with Crippen molar-refractivity contribution in [1.82, 2.24) is 10.1 Å². The molecule has 0 unspecified atom stereocenters. The average molecular weight is 325 g/mol. The van der Waals surface area contributed by atoms with Crippen molar-refractivity contribution in [1.29, 1.82) is 0 Å². The van der Waals surface area contributed by atoms with Crippen LogP contribution in [-0.2, 0) is 0 Å². The third-order valence-electron chi connectivity index (χ3n) is 3.34. The average Bonchev–Trinajstić information content (AvgIpc) is 3.12. The molecule has 0 spiro atoms. The van der Waals surface area contributed by atoms with Crippen LogP contribution in [0.25, 0.3) is 11.3 Å². The number of hydrogen-bond acceptors (Lipinski definition) is 6. The molecule has 0 saturated heterocycles. The highest BCUT2D eigenvalue weighted by Crippen LogP contribution is 2.29. The van der Waals surface area contributed by atoms with Crippen LogP contribution in [0.2, 0.25) is 0 Å². The monoisotopic (exact) mass is 325 g/mol. The van der Waals surface area contributed by atoms with Gasteiger partial charge in [-0.1, -0.05) is 5.16 Å². The maximum absolute atomic E-state index is 12.4. The van der Waals surface area contributed by atoms with Gasteiger partial charge in [0.1, 0.15) is 11.5 Å². The smallest absolute Gasteiger partial charge is 0.277 e. The zero-order valence-corrected chi connectivity index (χ0v) is 13.1. The highest BCUT2D eigenvalue weighted by molar-refractivity contribution is 6.04. The normalized spacial score (nSPS) is 10.2. The number of hydrogen-bond donors (Lipinski definition) is 1. The molecule has 0 radical (unpaired) electrons. The summed E-state index contributed by atoms with van der Waals surface area (Å²) in [6.45, 7) is 0. The van der Waals surface area contributed by atoms with E-state index in [4.69, 9.17) is 14.0 Å². The third-order valence-corrected chi connectivity index (χ3v) is 3.34. The van der Waals surface area contributed by atoms with Crippen molar-refractivity contribution in [2.75, 3.05) is 19.5 Å². The first-order valence-electron chi connectivity index (χ1n) is 7.11. The Morgan fingerprint density at radius 2 is 2.04 bits per heavy atom. The molecule has 3 aromatic rings. The molecule has 0 fully saturated rings. The maximum Gasteiger partial charge on any atom is 0.277 e. The van der Waals surface area contributed by atoms with Crippen molar-refractivity contribution in [3.63, 3.8) is 0 Å². The van der Waals surface area contributed by atoms with E-state index in [1.54, 1.807) is 49.8 Å². The minimum absolute atomic E-state index is 0.152. The number of aromatic nitrogens is 2. The highest BCUT2D eigenvalue weighted by atomic mass is 16.5. The number of nitrogens with zero attached hydrogens (tertiary/aromatic N) is 2. The zero-order valence-electron chi connectivity index (χ0n) is 13.1. The van der Waals surface area contributed by atoms with E-state index in [1.807, 2.05) is 6.07 Å². The van der Waals surface area contributed by atoms with Gasteiger partial charge in [-0.2, -0.15) is 0 Å². The molecule has 0 bridgehead atoms. The molecule has 0 atom stereocenters. The van der Waals surface area contributed by atoms with Crippen LogP contribution in [0.5, 0.6) is 11.5 Å². The van der Waals surface area contributed by atoms with Gasteiger partial charge in [-0.25, -0.2) is 0 Å². The fraction of sp³-hybridized carbons (Fsp3) is 0.118. The SMILES string of the molecule is COc1ccc(OC)c(NC(=O)c2cc(-c3cccnc3)on2)c1. The van der Waals surface area contributed by atoms with Gasteiger partial charge in [0.05, 0.1) is 19.9 Å². The molecule has 1 amide bonds. The maximum atomic E-state index is 12.4. The van der Waals surface area contributed by atoms with Gasteiger partial charge in [0.2, 0.25) is 0 Å². The molecule has 7 nitrogen and oxygen atoms in total. The highest BCUT2D eigenvalue weighted by Gasteiger charge is 2.16. The zero-order chi connectivity index (χ0) is 16.9. The third kappa shape index (κ3) is 3.19. The first kappa shape index (κ1) is 15.5. The molecule has 1 N–H and O–H groups in total. The van der Waals surface area contributed by atoms with Gasteiger partial charge in [-0.05, 0) is 24.3 Å². The Morgan fingerprint density at radius 1 is 1.17 bits per heavy atom. The summed E-state index contributed by atoms with van der Waals surface area (Å²) in [5, 5.41) is 6.54. The Bertz CT molecular complexity index is 846. The van der Waals surface area contributed by atoms with Crippen LogP contribution in [0.1, 0.15) is 10.5 Å². The van der Waals surface area contributed by atoms with Crippen molar-refractivity contribution in [2.45, 2.75) is 0 Å². The van der Waals surface area contributed by atoms with Crippen LogP contribution in [0.3, 0.4) is 0 Å². The summed E-state index contributed by atoms with van der Waals surface area (Å²) in [6.07, 6.45) is 3.29. The molecular weight excluding hydrogens is 310 g/mol. The number of anilines is 1. The number of nitrogens with one attached hydrogen (secondary N) is 1. The van der Waals surface area contributed by atoms with Crippen molar-refractivity contribution in [3.8, 4) is 22.8 Å². The first-order chi connectivity index (χ1) is 11.7. The molecule has 0 aliphatic heterocycles. The van der Waals surface area contributed by atoms with E-state index in [-0.39, 0.29) is 5.69 Å². The van der Waals surface area contributed by atoms with Crippen LogP contribution < -0.4 is 14.8 Å². The van der Waals surface area contributed by atoms with E-state index in [2.05, 4.69) is 15.5 Å². The quantitative estimate of drug-likeness (QED) is 0.776. The molecule has 2 aromatic heterocycles. The molecule has 0 aliphatic rings. The molecule has 24 heavy (non-hydrogen) atoms. The number of methoxy groups -OCH3 is 2. The fourth-order valence-electron chi connectivity index (χ4n) is 2.12. The number of benzene rings is 1. The van der Waals surface area contributed by atoms with Crippen molar-refractivity contribution >= 4 is 11.6 Å². The van der Waals surface area contributed by atoms with E-state index in [0.29, 0.717) is 22.9 Å². The fourth-order valence-corrected chi connectivity index (χ4v) is 2.12. The van der Waals surface area contributed by atoms with Gasteiger partial charge in [-0.3, -0.25) is 9.78 Å². The molecule has 0 saturated carbocycles. The van der Waals surface area contributed by atoms with Gasteiger partial charge in [0, 0.05) is 30.1 Å². The standard InChI is InChI=1S/C17H15N3O4/c1-22-12-5-6-15(23-2)13(8-12)19-17(21)14-9-16(24-20-14)11-4-3-7-18-10-11/h3-10H,1-2H3,(H,19,21). The second-order valence-corrected chi connectivity index (χ2v) is 4.84. The molecule has 3 rings (SSSR count). The second-order valence-electron chi connectivity index (χ2n) is 4.84. The van der Waals surface area contributed by atoms with Crippen LogP contribution in [0, 0.1) is 0 Å². The summed E-state index contributed by atoms with van der Waals surface area (Å²) >= 11 is 0. The summed E-state index contributed by atoms with van der Waals surface area (Å²) in [4.78, 5) is 16.4. The lowest BCUT2D eigenvalue weighted by Crippen LogP contribution is -2.13. The Morgan fingerprint density at radius 3 is 2.75 bits per heavy atom. The number of ether oxygens (including phenoxy) is 2. The van der Waals surface area contributed by atoms with Crippen molar-refractivity contribution in [2.24, 2.45) is 0 Å². The van der Waals surface area contributed by atoms with Gasteiger partial charge >= 0.3 is 0 Å². The summed E-state index contributed by atoms with van der Waals surface area (Å²) in [5.74, 6) is 1.16. The number of amides is 1. The molecule has 1 aromatic carbocycles. The van der Waals surface area contributed by atoms with Crippen LogP contribution in [0.4, 0.5) is 5.69 Å². The van der Waals surface area contributed by atoms with E-state index in [0.717, 1.165) is 5.56 Å². The topological polar surface area (TPSA) is 86.5 Å². The lowest BCUT2D eigenvalue weighted by Gasteiger charge is -2.10. The minimum atomic E-state index is -0.416. The van der Waals surface area contributed by atoms with Crippen molar-refractivity contribution in [3.05, 3.63) is 54.5 Å². The number of pyridine rings is 1. The second kappa shape index (κ2) is 6.82. The molecule has 0 aliphatic carbocycles. The van der Waals surface area contributed by atoms with Crippen LogP contribution in [-0.4, -0.2) is 30.3 Å². The van der Waals surface area contributed by atoms with Crippen LogP contribution in [0.15, 0.2) is 53.3 Å². The van der Waals surface area contributed by atoms with Crippen LogP contribution >= 0.6 is 0 Å². The van der Waals surface area contributed by atoms with E-state index in [9.17, 15) is 4.79 Å². The Balaban J connectivity index is 1.82. The summed E-state index contributed by atoms with van der Waals surface area (Å²) in [7, 11) is 3.07. The van der Waals surface area contributed by atoms with Gasteiger partial charge < -0.3 is 19.3 Å². The Hall–Kier alpha value is -3.35.